The topological polar surface area (TPSA) is 84.3 Å². The number of rotatable bonds is 4. The van der Waals surface area contributed by atoms with E-state index in [9.17, 15) is 13.2 Å². The number of pyridine rings is 1. The number of aromatic nitrogens is 1. The van der Waals surface area contributed by atoms with Gasteiger partial charge >= 0.3 is 5.97 Å². The Morgan fingerprint density at radius 3 is 2.62 bits per heavy atom. The monoisotopic (exact) mass is 369 g/mol. The van der Waals surface area contributed by atoms with Crippen LogP contribution in [0.4, 0.5) is 0 Å². The average molecular weight is 370 g/mol. The summed E-state index contributed by atoms with van der Waals surface area (Å²) in [6, 6.07) is 9.08. The molecule has 21 heavy (non-hydrogen) atoms. The molecule has 0 aliphatic heterocycles. The minimum atomic E-state index is -3.65. The third-order valence-corrected chi connectivity index (χ3v) is 5.15. The summed E-state index contributed by atoms with van der Waals surface area (Å²) < 4.78 is 25.0. The molecule has 0 fully saturated rings. The Bertz CT molecular complexity index is 802. The molecule has 0 bridgehead atoms. The maximum Gasteiger partial charge on any atom is 0.336 e. The SMILES string of the molecule is Cc1cccc(CS(=O)(=O)c2ccc(Br)c(C(=O)O)c2)n1. The molecular weight excluding hydrogens is 358 g/mol. The van der Waals surface area contributed by atoms with Gasteiger partial charge in [-0.3, -0.25) is 4.98 Å². The van der Waals surface area contributed by atoms with Crippen molar-refractivity contribution in [1.29, 1.82) is 0 Å². The number of carbonyl (C=O) groups is 1. The zero-order valence-corrected chi connectivity index (χ0v) is 13.5. The fourth-order valence-electron chi connectivity index (χ4n) is 1.82. The normalized spacial score (nSPS) is 11.3. The van der Waals surface area contributed by atoms with Crippen LogP contribution < -0.4 is 0 Å². The van der Waals surface area contributed by atoms with Crippen LogP contribution >= 0.6 is 15.9 Å². The molecule has 1 aromatic heterocycles. The van der Waals surface area contributed by atoms with Crippen LogP contribution in [0.1, 0.15) is 21.7 Å². The molecule has 7 heteroatoms. The second kappa shape index (κ2) is 5.95. The van der Waals surface area contributed by atoms with Gasteiger partial charge in [-0.25, -0.2) is 13.2 Å². The standard InChI is InChI=1S/C14H12BrNO4S/c1-9-3-2-4-10(16-9)8-21(19,20)11-5-6-13(15)12(7-11)14(17)18/h2-7H,8H2,1H3,(H,17,18). The van der Waals surface area contributed by atoms with Gasteiger partial charge in [0.25, 0.3) is 0 Å². The van der Waals surface area contributed by atoms with E-state index in [1.165, 1.54) is 12.1 Å². The van der Waals surface area contributed by atoms with Gasteiger partial charge in [-0.15, -0.1) is 0 Å². The minimum Gasteiger partial charge on any atom is -0.478 e. The molecule has 2 aromatic rings. The number of nitrogens with zero attached hydrogens (tertiary/aromatic N) is 1. The van der Waals surface area contributed by atoms with E-state index in [1.54, 1.807) is 25.1 Å². The molecule has 0 aliphatic carbocycles. The number of hydrogen-bond acceptors (Lipinski definition) is 4. The number of halogens is 1. The Balaban J connectivity index is 2.40. The van der Waals surface area contributed by atoms with E-state index < -0.39 is 15.8 Å². The number of hydrogen-bond donors (Lipinski definition) is 1. The summed E-state index contributed by atoms with van der Waals surface area (Å²) in [7, 11) is -3.65. The first-order chi connectivity index (χ1) is 9.79. The van der Waals surface area contributed by atoms with Crippen LogP contribution in [-0.4, -0.2) is 24.5 Å². The summed E-state index contributed by atoms with van der Waals surface area (Å²) >= 11 is 3.09. The molecule has 5 nitrogen and oxygen atoms in total. The number of sulfone groups is 1. The van der Waals surface area contributed by atoms with E-state index in [0.29, 0.717) is 10.2 Å². The van der Waals surface area contributed by atoms with Gasteiger partial charge in [-0.1, -0.05) is 6.07 Å². The summed E-state index contributed by atoms with van der Waals surface area (Å²) in [5.41, 5.74) is 1.06. The van der Waals surface area contributed by atoms with Crippen LogP contribution in [0.2, 0.25) is 0 Å². The maximum atomic E-state index is 12.4. The predicted molar refractivity (Wildman–Crippen MR) is 81.0 cm³/mol. The number of aryl methyl sites for hydroxylation is 1. The van der Waals surface area contributed by atoms with Crippen LogP contribution in [0, 0.1) is 6.92 Å². The lowest BCUT2D eigenvalue weighted by Gasteiger charge is -2.07. The van der Waals surface area contributed by atoms with Crippen molar-refractivity contribution >= 4 is 31.7 Å². The van der Waals surface area contributed by atoms with Crippen molar-refractivity contribution in [3.05, 3.63) is 57.8 Å². The molecule has 0 aliphatic rings. The van der Waals surface area contributed by atoms with Crippen molar-refractivity contribution in [3.63, 3.8) is 0 Å². The van der Waals surface area contributed by atoms with Crippen molar-refractivity contribution in [2.75, 3.05) is 0 Å². The fourth-order valence-corrected chi connectivity index (χ4v) is 3.53. The lowest BCUT2D eigenvalue weighted by molar-refractivity contribution is 0.0695. The Labute approximate surface area is 130 Å². The molecule has 0 radical (unpaired) electrons. The van der Waals surface area contributed by atoms with Crippen molar-refractivity contribution < 1.29 is 18.3 Å². The summed E-state index contributed by atoms with van der Waals surface area (Å²) in [6.07, 6.45) is 0. The van der Waals surface area contributed by atoms with Gasteiger partial charge < -0.3 is 5.11 Å². The molecule has 110 valence electrons. The highest BCUT2D eigenvalue weighted by Crippen LogP contribution is 2.23. The second-order valence-corrected chi connectivity index (χ2v) is 7.32. The smallest absolute Gasteiger partial charge is 0.336 e. The molecule has 0 spiro atoms. The molecule has 0 saturated carbocycles. The van der Waals surface area contributed by atoms with Gasteiger partial charge in [-0.05, 0) is 53.2 Å². The number of carboxylic acids is 1. The Morgan fingerprint density at radius 1 is 1.29 bits per heavy atom. The third-order valence-electron chi connectivity index (χ3n) is 2.81. The van der Waals surface area contributed by atoms with Crippen molar-refractivity contribution in [1.82, 2.24) is 4.98 Å². The fraction of sp³-hybridized carbons (Fsp3) is 0.143. The van der Waals surface area contributed by atoms with Gasteiger partial charge in [0.2, 0.25) is 0 Å². The first kappa shape index (κ1) is 15.7. The molecule has 1 aromatic carbocycles. The van der Waals surface area contributed by atoms with E-state index in [2.05, 4.69) is 20.9 Å². The van der Waals surface area contributed by atoms with E-state index in [-0.39, 0.29) is 16.2 Å². The third kappa shape index (κ3) is 3.68. The average Bonchev–Trinajstić information content (AvgIpc) is 2.38. The van der Waals surface area contributed by atoms with Gasteiger partial charge in [0.15, 0.2) is 9.84 Å². The predicted octanol–water partition coefficient (Wildman–Crippen LogP) is 2.82. The highest BCUT2D eigenvalue weighted by Gasteiger charge is 2.19. The lowest BCUT2D eigenvalue weighted by Crippen LogP contribution is -2.08. The Hall–Kier alpha value is -1.73. The quantitative estimate of drug-likeness (QED) is 0.895. The molecular formula is C14H12BrNO4S. The largest absolute Gasteiger partial charge is 0.478 e. The van der Waals surface area contributed by atoms with Gasteiger partial charge in [0, 0.05) is 10.2 Å². The highest BCUT2D eigenvalue weighted by atomic mass is 79.9. The first-order valence-electron chi connectivity index (χ1n) is 5.98. The van der Waals surface area contributed by atoms with E-state index in [0.717, 1.165) is 11.8 Å². The minimum absolute atomic E-state index is 0.0357. The number of carboxylic acid groups (broad SMARTS) is 1. The van der Waals surface area contributed by atoms with Gasteiger partial charge in [0.1, 0.15) is 0 Å². The summed E-state index contributed by atoms with van der Waals surface area (Å²) in [5, 5.41) is 9.04. The van der Waals surface area contributed by atoms with Crippen LogP contribution in [-0.2, 0) is 15.6 Å². The van der Waals surface area contributed by atoms with Gasteiger partial charge in [0.05, 0.1) is 21.9 Å². The van der Waals surface area contributed by atoms with Gasteiger partial charge in [-0.2, -0.15) is 0 Å². The molecule has 0 unspecified atom stereocenters. The zero-order chi connectivity index (χ0) is 15.6. The molecule has 1 heterocycles. The van der Waals surface area contributed by atoms with E-state index >= 15 is 0 Å². The number of aromatic carboxylic acids is 1. The summed E-state index contributed by atoms with van der Waals surface area (Å²) in [4.78, 5) is 15.2. The van der Waals surface area contributed by atoms with Crippen LogP contribution in [0.25, 0.3) is 0 Å². The molecule has 0 atom stereocenters. The molecule has 0 amide bonds. The zero-order valence-electron chi connectivity index (χ0n) is 11.1. The van der Waals surface area contributed by atoms with Crippen molar-refractivity contribution in [3.8, 4) is 0 Å². The van der Waals surface area contributed by atoms with Crippen LogP contribution in [0.5, 0.6) is 0 Å². The maximum absolute atomic E-state index is 12.4. The van der Waals surface area contributed by atoms with E-state index in [1.807, 2.05) is 0 Å². The second-order valence-electron chi connectivity index (χ2n) is 4.48. The summed E-state index contributed by atoms with van der Waals surface area (Å²) in [5.74, 6) is -1.46. The molecule has 0 saturated heterocycles. The van der Waals surface area contributed by atoms with Crippen molar-refractivity contribution in [2.45, 2.75) is 17.6 Å². The molecule has 1 N–H and O–H groups in total. The van der Waals surface area contributed by atoms with Crippen molar-refractivity contribution in [2.24, 2.45) is 0 Å². The van der Waals surface area contributed by atoms with E-state index in [4.69, 9.17) is 5.11 Å². The Morgan fingerprint density at radius 2 is 2.00 bits per heavy atom. The molecule has 2 rings (SSSR count). The lowest BCUT2D eigenvalue weighted by atomic mass is 10.2. The van der Waals surface area contributed by atoms with Crippen LogP contribution in [0.3, 0.4) is 0 Å². The van der Waals surface area contributed by atoms with Crippen LogP contribution in [0.15, 0.2) is 45.8 Å². The first-order valence-corrected chi connectivity index (χ1v) is 8.42. The summed E-state index contributed by atoms with van der Waals surface area (Å²) in [6.45, 7) is 1.78. The number of benzene rings is 1. The highest BCUT2D eigenvalue weighted by molar-refractivity contribution is 9.10. The Kier molecular flexibility index (Phi) is 4.43.